The standard InChI is InChI=1S/C26H24ClFN4O4S/c1-3-35-23-14-19(13-21(27)25(23)36-16-18-9-7-8-12-22(18)28)24(15-31(33)34)37-26-30-29-17(2)32(26)20-10-5-4-6-11-20/h4-14,24H,3,15-16H2,1-2H3/t24-/m0/s1. The Morgan fingerprint density at radius 2 is 1.84 bits per heavy atom. The fourth-order valence-electron chi connectivity index (χ4n) is 3.71. The van der Waals surface area contributed by atoms with Gasteiger partial charge in [0.2, 0.25) is 6.54 Å². The summed E-state index contributed by atoms with van der Waals surface area (Å²) in [6.45, 7) is 3.49. The van der Waals surface area contributed by atoms with E-state index in [9.17, 15) is 14.5 Å². The van der Waals surface area contributed by atoms with Crippen molar-refractivity contribution in [3.8, 4) is 17.2 Å². The number of nitrogens with zero attached hydrogens (tertiary/aromatic N) is 4. The van der Waals surface area contributed by atoms with Gasteiger partial charge in [-0.1, -0.05) is 59.8 Å². The van der Waals surface area contributed by atoms with Gasteiger partial charge in [0.1, 0.15) is 23.5 Å². The fourth-order valence-corrected chi connectivity index (χ4v) is 5.14. The zero-order valence-electron chi connectivity index (χ0n) is 20.1. The Morgan fingerprint density at radius 1 is 1.11 bits per heavy atom. The quantitative estimate of drug-likeness (QED) is 0.122. The first-order chi connectivity index (χ1) is 17.9. The Balaban J connectivity index is 1.67. The molecule has 37 heavy (non-hydrogen) atoms. The molecule has 0 radical (unpaired) electrons. The Kier molecular flexibility index (Phi) is 8.62. The molecule has 1 atom stereocenters. The highest BCUT2D eigenvalue weighted by Gasteiger charge is 2.26. The maximum absolute atomic E-state index is 14.1. The number of nitro groups is 1. The minimum Gasteiger partial charge on any atom is -0.490 e. The molecule has 0 amide bonds. The molecular weight excluding hydrogens is 519 g/mol. The number of rotatable bonds is 11. The van der Waals surface area contributed by atoms with E-state index in [0.29, 0.717) is 34.5 Å². The second-order valence-electron chi connectivity index (χ2n) is 7.97. The van der Waals surface area contributed by atoms with Crippen LogP contribution in [0.4, 0.5) is 4.39 Å². The number of halogens is 2. The summed E-state index contributed by atoms with van der Waals surface area (Å²) in [5.41, 5.74) is 1.77. The van der Waals surface area contributed by atoms with Crippen LogP contribution in [0, 0.1) is 22.9 Å². The third-order valence-electron chi connectivity index (χ3n) is 5.41. The van der Waals surface area contributed by atoms with Crippen molar-refractivity contribution in [2.45, 2.75) is 30.9 Å². The van der Waals surface area contributed by atoms with Gasteiger partial charge in [0.05, 0.1) is 11.6 Å². The highest BCUT2D eigenvalue weighted by molar-refractivity contribution is 7.99. The van der Waals surface area contributed by atoms with Crippen molar-refractivity contribution in [1.82, 2.24) is 14.8 Å². The largest absolute Gasteiger partial charge is 0.490 e. The first kappa shape index (κ1) is 26.4. The van der Waals surface area contributed by atoms with Crippen molar-refractivity contribution in [2.24, 2.45) is 0 Å². The van der Waals surface area contributed by atoms with E-state index in [1.807, 2.05) is 41.8 Å². The average Bonchev–Trinajstić information content (AvgIpc) is 3.24. The molecule has 8 nitrogen and oxygen atoms in total. The smallest absolute Gasteiger partial charge is 0.220 e. The molecule has 0 saturated heterocycles. The van der Waals surface area contributed by atoms with Crippen LogP contribution in [0.2, 0.25) is 5.02 Å². The van der Waals surface area contributed by atoms with Crippen LogP contribution >= 0.6 is 23.4 Å². The number of hydrogen-bond donors (Lipinski definition) is 0. The lowest BCUT2D eigenvalue weighted by Gasteiger charge is -2.19. The zero-order chi connectivity index (χ0) is 26.4. The zero-order valence-corrected chi connectivity index (χ0v) is 21.7. The van der Waals surface area contributed by atoms with Gasteiger partial charge in [-0.3, -0.25) is 14.7 Å². The highest BCUT2D eigenvalue weighted by Crippen LogP contribution is 2.43. The van der Waals surface area contributed by atoms with Crippen LogP contribution in [0.25, 0.3) is 5.69 Å². The lowest BCUT2D eigenvalue weighted by molar-refractivity contribution is -0.479. The maximum atomic E-state index is 14.1. The van der Waals surface area contributed by atoms with E-state index >= 15 is 0 Å². The normalized spacial score (nSPS) is 11.8. The number of ether oxygens (including phenoxy) is 2. The van der Waals surface area contributed by atoms with Crippen LogP contribution in [0.3, 0.4) is 0 Å². The van der Waals surface area contributed by atoms with Gasteiger partial charge in [-0.2, -0.15) is 0 Å². The Bertz CT molecular complexity index is 1390. The van der Waals surface area contributed by atoms with E-state index in [2.05, 4.69) is 10.2 Å². The molecule has 4 rings (SSSR count). The number of aryl methyl sites for hydroxylation is 1. The number of hydrogen-bond acceptors (Lipinski definition) is 7. The molecule has 1 aromatic heterocycles. The summed E-state index contributed by atoms with van der Waals surface area (Å²) in [6.07, 6.45) is 0. The fraction of sp³-hybridized carbons (Fsp3) is 0.231. The molecule has 0 aliphatic heterocycles. The lowest BCUT2D eigenvalue weighted by atomic mass is 10.1. The van der Waals surface area contributed by atoms with Crippen LogP contribution in [-0.4, -0.2) is 32.8 Å². The Morgan fingerprint density at radius 3 is 2.54 bits per heavy atom. The van der Waals surface area contributed by atoms with Crippen molar-refractivity contribution >= 4 is 23.4 Å². The number of para-hydroxylation sites is 1. The monoisotopic (exact) mass is 542 g/mol. The van der Waals surface area contributed by atoms with Crippen molar-refractivity contribution in [3.63, 3.8) is 0 Å². The molecule has 0 saturated carbocycles. The molecule has 4 aromatic rings. The van der Waals surface area contributed by atoms with Gasteiger partial charge in [0, 0.05) is 16.2 Å². The predicted molar refractivity (Wildman–Crippen MR) is 140 cm³/mol. The van der Waals surface area contributed by atoms with Gasteiger partial charge < -0.3 is 9.47 Å². The van der Waals surface area contributed by atoms with Crippen LogP contribution in [0.5, 0.6) is 11.5 Å². The summed E-state index contributed by atoms with van der Waals surface area (Å²) in [4.78, 5) is 11.2. The van der Waals surface area contributed by atoms with Crippen LogP contribution in [0.15, 0.2) is 71.9 Å². The Hall–Kier alpha value is -3.63. The number of benzene rings is 3. The van der Waals surface area contributed by atoms with E-state index in [1.165, 1.54) is 17.8 Å². The van der Waals surface area contributed by atoms with Gasteiger partial charge in [-0.15, -0.1) is 10.2 Å². The van der Waals surface area contributed by atoms with E-state index in [1.54, 1.807) is 37.3 Å². The lowest BCUT2D eigenvalue weighted by Crippen LogP contribution is -2.12. The molecular formula is C26H24ClFN4O4S. The molecule has 192 valence electrons. The van der Waals surface area contributed by atoms with Crippen molar-refractivity contribution in [3.05, 3.63) is 105 Å². The second-order valence-corrected chi connectivity index (χ2v) is 9.54. The molecule has 1 heterocycles. The van der Waals surface area contributed by atoms with Crippen LogP contribution in [0.1, 0.15) is 29.1 Å². The third-order valence-corrected chi connectivity index (χ3v) is 6.87. The van der Waals surface area contributed by atoms with Crippen LogP contribution in [-0.2, 0) is 6.61 Å². The molecule has 0 aliphatic rings. The molecule has 0 fully saturated rings. The summed E-state index contributed by atoms with van der Waals surface area (Å²) in [5, 5.41) is 20.1. The Labute approximate surface area is 222 Å². The maximum Gasteiger partial charge on any atom is 0.220 e. The molecule has 0 spiro atoms. The first-order valence-electron chi connectivity index (χ1n) is 11.5. The van der Waals surface area contributed by atoms with Gasteiger partial charge in [-0.05, 0) is 49.7 Å². The molecule has 11 heteroatoms. The topological polar surface area (TPSA) is 92.3 Å². The summed E-state index contributed by atoms with van der Waals surface area (Å²) >= 11 is 7.79. The van der Waals surface area contributed by atoms with Gasteiger partial charge in [-0.25, -0.2) is 4.39 Å². The van der Waals surface area contributed by atoms with Crippen molar-refractivity contribution < 1.29 is 18.8 Å². The van der Waals surface area contributed by atoms with E-state index in [0.717, 1.165) is 5.69 Å². The molecule has 0 unspecified atom stereocenters. The minimum absolute atomic E-state index is 0.0572. The number of thioether (sulfide) groups is 1. The molecule has 0 bridgehead atoms. The second kappa shape index (κ2) is 12.1. The first-order valence-corrected chi connectivity index (χ1v) is 12.7. The summed E-state index contributed by atoms with van der Waals surface area (Å²) in [7, 11) is 0. The molecule has 3 aromatic carbocycles. The van der Waals surface area contributed by atoms with Crippen LogP contribution < -0.4 is 9.47 Å². The summed E-state index contributed by atoms with van der Waals surface area (Å²) in [6, 6.07) is 19.1. The van der Waals surface area contributed by atoms with Crippen molar-refractivity contribution in [2.75, 3.05) is 13.2 Å². The predicted octanol–water partition coefficient (Wildman–Crippen LogP) is 6.46. The van der Waals surface area contributed by atoms with Gasteiger partial charge in [0.15, 0.2) is 16.7 Å². The van der Waals surface area contributed by atoms with Gasteiger partial charge in [0.25, 0.3) is 0 Å². The molecule has 0 N–H and O–H groups in total. The number of aromatic nitrogens is 3. The minimum atomic E-state index is -0.654. The van der Waals surface area contributed by atoms with E-state index < -0.39 is 11.1 Å². The molecule has 0 aliphatic carbocycles. The summed E-state index contributed by atoms with van der Waals surface area (Å²) in [5.74, 6) is 0.812. The van der Waals surface area contributed by atoms with Gasteiger partial charge >= 0.3 is 0 Å². The average molecular weight is 543 g/mol. The van der Waals surface area contributed by atoms with E-state index in [-0.39, 0.29) is 28.8 Å². The highest BCUT2D eigenvalue weighted by atomic mass is 35.5. The van der Waals surface area contributed by atoms with E-state index in [4.69, 9.17) is 21.1 Å². The van der Waals surface area contributed by atoms with Crippen molar-refractivity contribution in [1.29, 1.82) is 0 Å². The summed E-state index contributed by atoms with van der Waals surface area (Å²) < 4.78 is 27.5. The third kappa shape index (κ3) is 6.39. The SMILES string of the molecule is CCOc1cc([C@H](C[N+](=O)[O-])Sc2nnc(C)n2-c2ccccc2)cc(Cl)c1OCc1ccccc1F.